The highest BCUT2D eigenvalue weighted by molar-refractivity contribution is 5.68. The fourth-order valence-electron chi connectivity index (χ4n) is 2.03. The molecule has 0 radical (unpaired) electrons. The number of alkyl carbamates (subject to hydrolysis) is 1. The molecule has 1 rings (SSSR count). The maximum atomic E-state index is 12.0. The van der Waals surface area contributed by atoms with E-state index in [4.69, 9.17) is 24.7 Å². The minimum Gasteiger partial charge on any atom is -0.493 e. The van der Waals surface area contributed by atoms with E-state index in [-0.39, 0.29) is 6.54 Å². The van der Waals surface area contributed by atoms with Crippen molar-refractivity contribution >= 4 is 6.09 Å². The maximum Gasteiger partial charge on any atom is 0.408 e. The van der Waals surface area contributed by atoms with Gasteiger partial charge in [-0.3, -0.25) is 0 Å². The van der Waals surface area contributed by atoms with E-state index in [1.807, 2.05) is 0 Å². The molecular weight excluding hydrogens is 300 g/mol. The first-order valence-electron chi connectivity index (χ1n) is 7.25. The summed E-state index contributed by atoms with van der Waals surface area (Å²) in [4.78, 5) is 12.0. The molecule has 0 bridgehead atoms. The molecule has 1 atom stereocenters. The van der Waals surface area contributed by atoms with Crippen LogP contribution in [0, 0.1) is 0 Å². The van der Waals surface area contributed by atoms with Gasteiger partial charge < -0.3 is 30.0 Å². The lowest BCUT2D eigenvalue weighted by Crippen LogP contribution is -2.37. The summed E-state index contributed by atoms with van der Waals surface area (Å²) in [6.45, 7) is 5.58. The molecule has 7 nitrogen and oxygen atoms in total. The zero-order chi connectivity index (χ0) is 17.6. The number of ether oxygens (including phenoxy) is 4. The van der Waals surface area contributed by atoms with Crippen LogP contribution in [0.2, 0.25) is 0 Å². The molecule has 23 heavy (non-hydrogen) atoms. The summed E-state index contributed by atoms with van der Waals surface area (Å²) in [7, 11) is 4.58. The third-order valence-electron chi connectivity index (χ3n) is 3.02. The van der Waals surface area contributed by atoms with Crippen molar-refractivity contribution < 1.29 is 23.7 Å². The monoisotopic (exact) mass is 326 g/mol. The molecule has 0 aromatic heterocycles. The Bertz CT molecular complexity index is 515. The van der Waals surface area contributed by atoms with E-state index >= 15 is 0 Å². The van der Waals surface area contributed by atoms with Crippen molar-refractivity contribution in [1.82, 2.24) is 5.32 Å². The number of nitrogens with one attached hydrogen (secondary N) is 1. The van der Waals surface area contributed by atoms with Crippen LogP contribution in [-0.4, -0.2) is 39.6 Å². The van der Waals surface area contributed by atoms with E-state index in [1.165, 1.54) is 21.3 Å². The van der Waals surface area contributed by atoms with E-state index in [0.29, 0.717) is 17.2 Å². The minimum absolute atomic E-state index is 0.192. The number of benzene rings is 1. The Labute approximate surface area is 137 Å². The third kappa shape index (κ3) is 5.21. The summed E-state index contributed by atoms with van der Waals surface area (Å²) in [5.74, 6) is 1.46. The second kappa shape index (κ2) is 7.92. The lowest BCUT2D eigenvalue weighted by Gasteiger charge is -2.24. The maximum absolute atomic E-state index is 12.0. The highest BCUT2D eigenvalue weighted by Gasteiger charge is 2.22. The first-order chi connectivity index (χ1) is 10.8. The lowest BCUT2D eigenvalue weighted by atomic mass is 10.1. The number of hydrogen-bond donors (Lipinski definition) is 2. The van der Waals surface area contributed by atoms with E-state index < -0.39 is 17.7 Å². The van der Waals surface area contributed by atoms with E-state index in [9.17, 15) is 4.79 Å². The predicted octanol–water partition coefficient (Wildman–Crippen LogP) is 2.24. The molecular formula is C16H26N2O5. The van der Waals surface area contributed by atoms with Crippen LogP contribution in [0.15, 0.2) is 12.1 Å². The number of methoxy groups -OCH3 is 3. The molecule has 1 unspecified atom stereocenters. The van der Waals surface area contributed by atoms with Gasteiger partial charge >= 0.3 is 6.09 Å². The van der Waals surface area contributed by atoms with Crippen molar-refractivity contribution in [2.45, 2.75) is 32.4 Å². The molecule has 0 aliphatic carbocycles. The molecule has 1 aromatic rings. The van der Waals surface area contributed by atoms with Crippen molar-refractivity contribution in [3.8, 4) is 17.2 Å². The highest BCUT2D eigenvalue weighted by Crippen LogP contribution is 2.39. The lowest BCUT2D eigenvalue weighted by molar-refractivity contribution is 0.0505. The van der Waals surface area contributed by atoms with Crippen LogP contribution in [0.3, 0.4) is 0 Å². The van der Waals surface area contributed by atoms with Gasteiger partial charge in [0.05, 0.1) is 27.4 Å². The molecule has 1 amide bonds. The Morgan fingerprint density at radius 3 is 2.00 bits per heavy atom. The largest absolute Gasteiger partial charge is 0.493 e. The Hall–Kier alpha value is -2.15. The third-order valence-corrected chi connectivity index (χ3v) is 3.02. The number of carbonyl (C=O) groups is 1. The van der Waals surface area contributed by atoms with Gasteiger partial charge in [-0.15, -0.1) is 0 Å². The number of nitrogens with two attached hydrogens (primary N) is 1. The van der Waals surface area contributed by atoms with Crippen molar-refractivity contribution in [3.63, 3.8) is 0 Å². The summed E-state index contributed by atoms with van der Waals surface area (Å²) in [6.07, 6.45) is -0.540. The quantitative estimate of drug-likeness (QED) is 0.833. The Morgan fingerprint density at radius 2 is 1.65 bits per heavy atom. The van der Waals surface area contributed by atoms with E-state index in [0.717, 1.165) is 5.56 Å². The Kier molecular flexibility index (Phi) is 6.50. The van der Waals surface area contributed by atoms with Crippen LogP contribution in [0.5, 0.6) is 17.2 Å². The van der Waals surface area contributed by atoms with Gasteiger partial charge in [0.25, 0.3) is 0 Å². The fourth-order valence-corrected chi connectivity index (χ4v) is 2.03. The van der Waals surface area contributed by atoms with Crippen LogP contribution >= 0.6 is 0 Å². The predicted molar refractivity (Wildman–Crippen MR) is 87.3 cm³/mol. The van der Waals surface area contributed by atoms with Crippen LogP contribution < -0.4 is 25.3 Å². The molecule has 130 valence electrons. The van der Waals surface area contributed by atoms with Crippen LogP contribution in [0.4, 0.5) is 4.79 Å². The first-order valence-corrected chi connectivity index (χ1v) is 7.25. The molecule has 0 fully saturated rings. The minimum atomic E-state index is -0.585. The topological polar surface area (TPSA) is 92.0 Å². The van der Waals surface area contributed by atoms with Crippen molar-refractivity contribution in [2.24, 2.45) is 5.73 Å². The molecule has 1 aromatic carbocycles. The SMILES string of the molecule is COc1cc(C(CN)NC(=O)OC(C)(C)C)cc(OC)c1OC. The zero-order valence-corrected chi connectivity index (χ0v) is 14.6. The normalized spacial score (nSPS) is 12.3. The molecule has 0 spiro atoms. The summed E-state index contributed by atoms with van der Waals surface area (Å²) < 4.78 is 21.2. The second-order valence-corrected chi connectivity index (χ2v) is 5.89. The van der Waals surface area contributed by atoms with Gasteiger partial charge in [0, 0.05) is 6.54 Å². The number of hydrogen-bond acceptors (Lipinski definition) is 6. The van der Waals surface area contributed by atoms with E-state index in [1.54, 1.807) is 32.9 Å². The van der Waals surface area contributed by atoms with Crippen LogP contribution in [-0.2, 0) is 4.74 Å². The standard InChI is InChI=1S/C16H26N2O5/c1-16(2,3)23-15(19)18-11(9-17)10-7-12(20-4)14(22-6)13(8-10)21-5/h7-8,11H,9,17H2,1-6H3,(H,18,19). The highest BCUT2D eigenvalue weighted by atomic mass is 16.6. The van der Waals surface area contributed by atoms with Gasteiger partial charge in [-0.25, -0.2) is 4.79 Å². The Balaban J connectivity index is 3.08. The van der Waals surface area contributed by atoms with Gasteiger partial charge in [0.1, 0.15) is 5.60 Å². The van der Waals surface area contributed by atoms with Crippen molar-refractivity contribution in [1.29, 1.82) is 0 Å². The average Bonchev–Trinajstić information content (AvgIpc) is 2.49. The fraction of sp³-hybridized carbons (Fsp3) is 0.562. The van der Waals surface area contributed by atoms with Crippen LogP contribution in [0.1, 0.15) is 32.4 Å². The molecule has 0 heterocycles. The average molecular weight is 326 g/mol. The first kappa shape index (κ1) is 18.9. The molecule has 0 saturated heterocycles. The Morgan fingerprint density at radius 1 is 1.13 bits per heavy atom. The summed E-state index contributed by atoms with van der Waals surface area (Å²) in [5.41, 5.74) is 5.93. The summed E-state index contributed by atoms with van der Waals surface area (Å²) in [6, 6.07) is 3.05. The van der Waals surface area contributed by atoms with Gasteiger partial charge in [0.2, 0.25) is 5.75 Å². The van der Waals surface area contributed by atoms with E-state index in [2.05, 4.69) is 5.32 Å². The van der Waals surface area contributed by atoms with Crippen molar-refractivity contribution in [2.75, 3.05) is 27.9 Å². The molecule has 0 saturated carbocycles. The molecule has 7 heteroatoms. The zero-order valence-electron chi connectivity index (χ0n) is 14.6. The van der Waals surface area contributed by atoms with Crippen molar-refractivity contribution in [3.05, 3.63) is 17.7 Å². The van der Waals surface area contributed by atoms with Crippen LogP contribution in [0.25, 0.3) is 0 Å². The smallest absolute Gasteiger partial charge is 0.408 e. The van der Waals surface area contributed by atoms with Gasteiger partial charge in [-0.2, -0.15) is 0 Å². The molecule has 3 N–H and O–H groups in total. The summed E-state index contributed by atoms with van der Waals surface area (Å²) in [5, 5.41) is 2.74. The van der Waals surface area contributed by atoms with Gasteiger partial charge in [-0.1, -0.05) is 0 Å². The number of amides is 1. The van der Waals surface area contributed by atoms with Gasteiger partial charge in [0.15, 0.2) is 11.5 Å². The van der Waals surface area contributed by atoms with Gasteiger partial charge in [-0.05, 0) is 38.5 Å². The number of rotatable bonds is 6. The molecule has 0 aliphatic rings. The second-order valence-electron chi connectivity index (χ2n) is 5.89. The molecule has 0 aliphatic heterocycles. The summed E-state index contributed by atoms with van der Waals surface area (Å²) >= 11 is 0. The number of carbonyl (C=O) groups excluding carboxylic acids is 1.